The van der Waals surface area contributed by atoms with Gasteiger partial charge in [0.2, 0.25) is 0 Å². The first kappa shape index (κ1) is 23.9. The lowest BCUT2D eigenvalue weighted by Gasteiger charge is -2.40. The fraction of sp³-hybridized carbons (Fsp3) is 0.556. The van der Waals surface area contributed by atoms with Gasteiger partial charge in [-0.1, -0.05) is 60.7 Å². The fourth-order valence-corrected chi connectivity index (χ4v) is 4.91. The van der Waals surface area contributed by atoms with E-state index in [1.807, 2.05) is 88.4 Å². The van der Waals surface area contributed by atoms with Crippen LogP contribution >= 0.6 is 0 Å². The minimum absolute atomic E-state index is 0.242. The maximum atomic E-state index is 6.62. The van der Waals surface area contributed by atoms with E-state index in [2.05, 4.69) is 0 Å². The Morgan fingerprint density at radius 1 is 0.765 bits per heavy atom. The molecule has 2 aromatic rings. The number of ether oxygens (including phenoxy) is 7. The molecular formula is C27H34O7. The van der Waals surface area contributed by atoms with E-state index >= 15 is 0 Å². The van der Waals surface area contributed by atoms with Crippen molar-refractivity contribution in [2.75, 3.05) is 13.2 Å². The molecule has 0 amide bonds. The molecule has 0 aliphatic carbocycles. The van der Waals surface area contributed by atoms with Crippen LogP contribution in [-0.2, 0) is 46.4 Å². The third-order valence-corrected chi connectivity index (χ3v) is 6.47. The lowest BCUT2D eigenvalue weighted by molar-refractivity contribution is -0.281. The summed E-state index contributed by atoms with van der Waals surface area (Å²) in [4.78, 5) is 0. The van der Waals surface area contributed by atoms with E-state index in [1.165, 1.54) is 0 Å². The molecule has 7 heteroatoms. The second kappa shape index (κ2) is 9.32. The Morgan fingerprint density at radius 2 is 1.41 bits per heavy atom. The van der Waals surface area contributed by atoms with Gasteiger partial charge in [-0.2, -0.15) is 0 Å². The molecule has 0 radical (unpaired) electrons. The first-order valence-electron chi connectivity index (χ1n) is 11.9. The molecule has 1 unspecified atom stereocenters. The van der Waals surface area contributed by atoms with Crippen molar-refractivity contribution in [3.63, 3.8) is 0 Å². The molecule has 5 atom stereocenters. The van der Waals surface area contributed by atoms with Gasteiger partial charge in [-0.3, -0.25) is 0 Å². The highest BCUT2D eigenvalue weighted by molar-refractivity contribution is 5.16. The van der Waals surface area contributed by atoms with Crippen molar-refractivity contribution in [1.29, 1.82) is 0 Å². The molecule has 34 heavy (non-hydrogen) atoms. The highest BCUT2D eigenvalue weighted by atomic mass is 16.9. The number of hydrogen-bond acceptors (Lipinski definition) is 7. The number of fused-ring (bicyclic) bond motifs is 1. The molecule has 3 aliphatic rings. The predicted molar refractivity (Wildman–Crippen MR) is 124 cm³/mol. The van der Waals surface area contributed by atoms with Crippen LogP contribution in [-0.4, -0.2) is 55.0 Å². The van der Waals surface area contributed by atoms with Crippen LogP contribution in [0, 0.1) is 0 Å². The fourth-order valence-electron chi connectivity index (χ4n) is 4.91. The van der Waals surface area contributed by atoms with Gasteiger partial charge in [0.1, 0.15) is 18.3 Å². The Balaban J connectivity index is 1.42. The summed E-state index contributed by atoms with van der Waals surface area (Å²) < 4.78 is 44.1. The highest BCUT2D eigenvalue weighted by Gasteiger charge is 2.67. The first-order chi connectivity index (χ1) is 16.3. The summed E-state index contributed by atoms with van der Waals surface area (Å²) in [6.45, 7) is 9.01. The van der Waals surface area contributed by atoms with Gasteiger partial charge in [-0.15, -0.1) is 0 Å². The molecule has 3 saturated heterocycles. The average Bonchev–Trinajstić information content (AvgIpc) is 3.41. The van der Waals surface area contributed by atoms with E-state index in [0.717, 1.165) is 11.1 Å². The minimum Gasteiger partial charge on any atom is -0.374 e. The Kier molecular flexibility index (Phi) is 6.54. The van der Waals surface area contributed by atoms with Gasteiger partial charge in [0, 0.05) is 0 Å². The van der Waals surface area contributed by atoms with Crippen LogP contribution in [0.15, 0.2) is 60.7 Å². The van der Waals surface area contributed by atoms with Crippen molar-refractivity contribution in [2.24, 2.45) is 0 Å². The summed E-state index contributed by atoms with van der Waals surface area (Å²) in [5, 5.41) is 0. The van der Waals surface area contributed by atoms with Crippen molar-refractivity contribution in [3.05, 3.63) is 71.8 Å². The predicted octanol–water partition coefficient (Wildman–Crippen LogP) is 4.19. The van der Waals surface area contributed by atoms with Crippen LogP contribution in [0.5, 0.6) is 0 Å². The molecule has 7 nitrogen and oxygen atoms in total. The lowest BCUT2D eigenvalue weighted by Crippen LogP contribution is -2.58. The van der Waals surface area contributed by atoms with E-state index < -0.39 is 41.8 Å². The van der Waals surface area contributed by atoms with Crippen molar-refractivity contribution in [3.8, 4) is 0 Å². The van der Waals surface area contributed by atoms with Crippen molar-refractivity contribution in [1.82, 2.24) is 0 Å². The third-order valence-electron chi connectivity index (χ3n) is 6.47. The smallest absolute Gasteiger partial charge is 0.190 e. The molecule has 0 saturated carbocycles. The number of benzene rings is 2. The van der Waals surface area contributed by atoms with Crippen molar-refractivity contribution >= 4 is 0 Å². The normalized spacial score (nSPS) is 33.8. The van der Waals surface area contributed by atoms with Crippen LogP contribution < -0.4 is 0 Å². The zero-order valence-electron chi connectivity index (χ0n) is 20.3. The summed E-state index contributed by atoms with van der Waals surface area (Å²) >= 11 is 0. The highest BCUT2D eigenvalue weighted by Crippen LogP contribution is 2.48. The number of rotatable bonds is 8. The molecule has 0 bridgehead atoms. The Hall–Kier alpha value is -1.84. The lowest BCUT2D eigenvalue weighted by atomic mass is 9.89. The van der Waals surface area contributed by atoms with Crippen molar-refractivity contribution < 1.29 is 33.2 Å². The van der Waals surface area contributed by atoms with E-state index in [4.69, 9.17) is 33.2 Å². The largest absolute Gasteiger partial charge is 0.374 e. The van der Waals surface area contributed by atoms with Gasteiger partial charge in [0.25, 0.3) is 0 Å². The van der Waals surface area contributed by atoms with Gasteiger partial charge in [0.05, 0.1) is 26.4 Å². The molecule has 0 aromatic heterocycles. The average molecular weight is 471 g/mol. The Labute approximate surface area is 201 Å². The zero-order valence-corrected chi connectivity index (χ0v) is 20.3. The van der Waals surface area contributed by atoms with Gasteiger partial charge in [-0.25, -0.2) is 0 Å². The second-order valence-electron chi connectivity index (χ2n) is 10.1. The SMILES string of the molecule is CC1(C)OCC([C@]2(COCc3ccccc3)O[C@@H]3OC(C)(C)O[C@@H]3[C@@H]2OCc2ccccc2)O1. The van der Waals surface area contributed by atoms with Crippen LogP contribution in [0.1, 0.15) is 38.8 Å². The zero-order chi connectivity index (χ0) is 23.8. The summed E-state index contributed by atoms with van der Waals surface area (Å²) in [6, 6.07) is 20.1. The molecule has 3 heterocycles. The van der Waals surface area contributed by atoms with Crippen LogP contribution in [0.25, 0.3) is 0 Å². The summed E-state index contributed by atoms with van der Waals surface area (Å²) in [5.41, 5.74) is 1.17. The second-order valence-corrected chi connectivity index (χ2v) is 10.1. The van der Waals surface area contributed by atoms with Gasteiger partial charge < -0.3 is 33.2 Å². The van der Waals surface area contributed by atoms with Crippen LogP contribution in [0.3, 0.4) is 0 Å². The van der Waals surface area contributed by atoms with E-state index in [0.29, 0.717) is 19.8 Å². The molecule has 2 aromatic carbocycles. The monoisotopic (exact) mass is 470 g/mol. The summed E-state index contributed by atoms with van der Waals surface area (Å²) in [5.74, 6) is -1.50. The molecule has 5 rings (SSSR count). The number of hydrogen-bond donors (Lipinski definition) is 0. The molecule has 184 valence electrons. The van der Waals surface area contributed by atoms with E-state index in [-0.39, 0.29) is 6.61 Å². The Morgan fingerprint density at radius 3 is 2.03 bits per heavy atom. The maximum absolute atomic E-state index is 6.62. The first-order valence-corrected chi connectivity index (χ1v) is 11.9. The quantitative estimate of drug-likeness (QED) is 0.573. The summed E-state index contributed by atoms with van der Waals surface area (Å²) in [7, 11) is 0. The standard InChI is InChI=1S/C27H34O7/c1-25(2)30-17-21(31-25)27(18-28-15-19-11-7-5-8-12-19)23(29-16-20-13-9-6-10-14-20)22-24(34-27)33-26(3,4)32-22/h5-14,21-24H,15-18H2,1-4H3/t21?,22-,23+,24+,27+/m1/s1. The molecule has 0 N–H and O–H groups in total. The van der Waals surface area contributed by atoms with E-state index in [9.17, 15) is 0 Å². The van der Waals surface area contributed by atoms with Gasteiger partial charge in [0.15, 0.2) is 23.5 Å². The third kappa shape index (κ3) is 4.93. The van der Waals surface area contributed by atoms with Crippen LogP contribution in [0.2, 0.25) is 0 Å². The topological polar surface area (TPSA) is 64.6 Å². The molecule has 3 aliphatic heterocycles. The Bertz CT molecular complexity index is 948. The van der Waals surface area contributed by atoms with Crippen molar-refractivity contribution in [2.45, 2.75) is 82.7 Å². The molecule has 0 spiro atoms. The maximum Gasteiger partial charge on any atom is 0.190 e. The molecular weight excluding hydrogens is 436 g/mol. The van der Waals surface area contributed by atoms with Gasteiger partial charge in [-0.05, 0) is 38.8 Å². The van der Waals surface area contributed by atoms with Crippen LogP contribution in [0.4, 0.5) is 0 Å². The molecule has 3 fully saturated rings. The minimum atomic E-state index is -0.969. The van der Waals surface area contributed by atoms with E-state index in [1.54, 1.807) is 0 Å². The summed E-state index contributed by atoms with van der Waals surface area (Å²) in [6.07, 6.45) is -1.92. The van der Waals surface area contributed by atoms with Gasteiger partial charge >= 0.3 is 0 Å².